The highest BCUT2D eigenvalue weighted by Crippen LogP contribution is 2.34. The third-order valence-electron chi connectivity index (χ3n) is 5.51. The van der Waals surface area contributed by atoms with Gasteiger partial charge in [0.1, 0.15) is 28.3 Å². The van der Waals surface area contributed by atoms with Crippen molar-refractivity contribution < 1.29 is 37.8 Å². The highest BCUT2D eigenvalue weighted by molar-refractivity contribution is 6.11. The number of rotatable bonds is 4. The number of anilines is 1. The van der Waals surface area contributed by atoms with Crippen molar-refractivity contribution in [2.45, 2.75) is 98.4 Å². The van der Waals surface area contributed by atoms with E-state index in [4.69, 9.17) is 14.2 Å². The Morgan fingerprint density at radius 1 is 0.857 bits per heavy atom. The van der Waals surface area contributed by atoms with Crippen molar-refractivity contribution in [2.24, 2.45) is 0 Å². The molecule has 2 amide bonds. The largest absolute Gasteiger partial charge is 0.456 e. The van der Waals surface area contributed by atoms with E-state index in [1.165, 1.54) is 24.4 Å². The van der Waals surface area contributed by atoms with Gasteiger partial charge in [0.2, 0.25) is 0 Å². The van der Waals surface area contributed by atoms with Crippen molar-refractivity contribution in [1.29, 1.82) is 0 Å². The molecule has 1 aliphatic rings. The van der Waals surface area contributed by atoms with Crippen LogP contribution in [0, 0.1) is 5.82 Å². The second-order valence-corrected chi connectivity index (χ2v) is 12.9. The average molecular weight is 584 g/mol. The number of ketones is 1. The zero-order valence-electron chi connectivity index (χ0n) is 25.6. The van der Waals surface area contributed by atoms with E-state index in [0.717, 1.165) is 6.07 Å². The average Bonchev–Trinajstić information content (AvgIpc) is 2.81. The lowest BCUT2D eigenvalue weighted by atomic mass is 9.96. The van der Waals surface area contributed by atoms with Crippen molar-refractivity contribution in [3.8, 4) is 11.3 Å². The van der Waals surface area contributed by atoms with Gasteiger partial charge in [-0.2, -0.15) is 4.90 Å². The van der Waals surface area contributed by atoms with Gasteiger partial charge in [0, 0.05) is 12.0 Å². The van der Waals surface area contributed by atoms with Crippen LogP contribution in [0.4, 0.5) is 19.8 Å². The molecule has 0 N–H and O–H groups in total. The molecule has 1 heterocycles. The van der Waals surface area contributed by atoms with Gasteiger partial charge in [-0.05, 0) is 98.9 Å². The third kappa shape index (κ3) is 8.67. The Morgan fingerprint density at radius 2 is 1.43 bits per heavy atom. The number of aromatic nitrogens is 2. The Bertz CT molecular complexity index is 1400. The quantitative estimate of drug-likeness (QED) is 0.275. The van der Waals surface area contributed by atoms with Crippen LogP contribution in [0.1, 0.15) is 97.6 Å². The molecular weight excluding hydrogens is 545 g/mol. The molecule has 0 unspecified atom stereocenters. The summed E-state index contributed by atoms with van der Waals surface area (Å²) in [5.74, 6) is -2.12. The number of hydrogen-bond acceptors (Lipinski definition) is 9. The van der Waals surface area contributed by atoms with Crippen LogP contribution in [0.25, 0.3) is 16.8 Å². The molecule has 0 spiro atoms. The maximum absolute atomic E-state index is 15.4. The topological polar surface area (TPSA) is 125 Å². The van der Waals surface area contributed by atoms with E-state index >= 15 is 4.39 Å². The predicted octanol–water partition coefficient (Wildman–Crippen LogP) is 7.05. The predicted molar refractivity (Wildman–Crippen MR) is 154 cm³/mol. The molecule has 3 rings (SSSR count). The van der Waals surface area contributed by atoms with Crippen LogP contribution >= 0.6 is 0 Å². The van der Waals surface area contributed by atoms with Gasteiger partial charge in [-0.25, -0.2) is 28.7 Å². The second kappa shape index (κ2) is 12.0. The fourth-order valence-corrected chi connectivity index (χ4v) is 3.91. The molecule has 0 saturated heterocycles. The van der Waals surface area contributed by atoms with Gasteiger partial charge in [0.25, 0.3) is 0 Å². The molecule has 1 aromatic heterocycles. The fraction of sp³-hybridized carbons (Fsp3) is 0.484. The number of amides is 2. The van der Waals surface area contributed by atoms with Gasteiger partial charge >= 0.3 is 18.2 Å². The fourth-order valence-electron chi connectivity index (χ4n) is 3.91. The van der Waals surface area contributed by atoms with Crippen LogP contribution in [0.3, 0.4) is 0 Å². The number of allylic oxidation sites excluding steroid dienone is 2. The van der Waals surface area contributed by atoms with Gasteiger partial charge < -0.3 is 14.2 Å². The summed E-state index contributed by atoms with van der Waals surface area (Å²) in [6, 6.07) is 3.67. The van der Waals surface area contributed by atoms with E-state index in [9.17, 15) is 19.2 Å². The number of ether oxygens (including phenoxy) is 3. The van der Waals surface area contributed by atoms with Crippen LogP contribution in [-0.4, -0.2) is 50.7 Å². The number of halogens is 1. The molecular formula is C31H38FN3O7. The van der Waals surface area contributed by atoms with Crippen LogP contribution < -0.4 is 4.90 Å². The van der Waals surface area contributed by atoms with Crippen LogP contribution in [0.5, 0.6) is 0 Å². The highest BCUT2D eigenvalue weighted by atomic mass is 19.1. The van der Waals surface area contributed by atoms with Gasteiger partial charge in [-0.3, -0.25) is 4.79 Å². The standard InChI is InChI=1S/C31H38FN3O7/c1-29(2,3)40-26(37)21-14-13-19(16-22(21)32)24-25(33-17-23(34-24)18-11-10-12-20(36)15-18)35(27(38)41-30(4,5)6)28(39)42-31(7,8)9/h13-17H,10-12H2,1-9H3. The Hall–Kier alpha value is -4.15. The summed E-state index contributed by atoms with van der Waals surface area (Å²) in [7, 11) is 0. The minimum atomic E-state index is -1.09. The lowest BCUT2D eigenvalue weighted by molar-refractivity contribution is -0.114. The maximum atomic E-state index is 15.4. The molecule has 0 radical (unpaired) electrons. The number of esters is 1. The first-order valence-electron chi connectivity index (χ1n) is 13.6. The van der Waals surface area contributed by atoms with Crippen LogP contribution in [0.2, 0.25) is 0 Å². The number of nitrogens with zero attached hydrogens (tertiary/aromatic N) is 3. The zero-order chi connectivity index (χ0) is 31.6. The van der Waals surface area contributed by atoms with Gasteiger partial charge in [-0.15, -0.1) is 0 Å². The van der Waals surface area contributed by atoms with Crippen LogP contribution in [-0.2, 0) is 19.0 Å². The smallest absolute Gasteiger partial charge is 0.425 e. The van der Waals surface area contributed by atoms with Gasteiger partial charge in [0.05, 0.1) is 17.5 Å². The molecule has 42 heavy (non-hydrogen) atoms. The van der Waals surface area contributed by atoms with Gasteiger partial charge in [0.15, 0.2) is 11.6 Å². The summed E-state index contributed by atoms with van der Waals surface area (Å²) in [4.78, 5) is 61.1. The molecule has 0 aliphatic heterocycles. The molecule has 226 valence electrons. The number of carbonyl (C=O) groups is 4. The van der Waals surface area contributed by atoms with Crippen molar-refractivity contribution in [1.82, 2.24) is 9.97 Å². The highest BCUT2D eigenvalue weighted by Gasteiger charge is 2.36. The molecule has 10 nitrogen and oxygen atoms in total. The van der Waals surface area contributed by atoms with E-state index in [1.807, 2.05) is 0 Å². The van der Waals surface area contributed by atoms with Crippen molar-refractivity contribution in [3.05, 3.63) is 47.5 Å². The minimum absolute atomic E-state index is 0.0689. The first-order valence-corrected chi connectivity index (χ1v) is 13.6. The summed E-state index contributed by atoms with van der Waals surface area (Å²) in [5, 5.41) is 0. The summed E-state index contributed by atoms with van der Waals surface area (Å²) in [6.07, 6.45) is 2.21. The number of benzene rings is 1. The number of hydrogen-bond donors (Lipinski definition) is 0. The number of imide groups is 1. The molecule has 1 aliphatic carbocycles. The normalized spacial score (nSPS) is 14.1. The molecule has 0 bridgehead atoms. The second-order valence-electron chi connectivity index (χ2n) is 12.9. The molecule has 0 atom stereocenters. The summed E-state index contributed by atoms with van der Waals surface area (Å²) < 4.78 is 31.6. The van der Waals surface area contributed by atoms with E-state index in [0.29, 0.717) is 35.4 Å². The zero-order valence-corrected chi connectivity index (χ0v) is 25.6. The third-order valence-corrected chi connectivity index (χ3v) is 5.51. The van der Waals surface area contributed by atoms with Gasteiger partial charge in [-0.1, -0.05) is 6.07 Å². The minimum Gasteiger partial charge on any atom is -0.456 e. The van der Waals surface area contributed by atoms with Crippen molar-refractivity contribution in [2.75, 3.05) is 4.90 Å². The van der Waals surface area contributed by atoms with E-state index in [2.05, 4.69) is 9.97 Å². The maximum Gasteiger partial charge on any atom is 0.425 e. The summed E-state index contributed by atoms with van der Waals surface area (Å²) in [6.45, 7) is 14.8. The molecule has 11 heteroatoms. The molecule has 0 fully saturated rings. The SMILES string of the molecule is CC(C)(C)OC(=O)c1ccc(-c2nc(C3=CC(=O)CCC3)cnc2N(C(=O)OC(C)(C)C)C(=O)OC(C)(C)C)cc1F. The van der Waals surface area contributed by atoms with E-state index in [1.54, 1.807) is 62.3 Å². The lowest BCUT2D eigenvalue weighted by Gasteiger charge is -2.29. The Kier molecular flexibility index (Phi) is 9.24. The Morgan fingerprint density at radius 3 is 1.93 bits per heavy atom. The summed E-state index contributed by atoms with van der Waals surface area (Å²) >= 11 is 0. The lowest BCUT2D eigenvalue weighted by Crippen LogP contribution is -2.44. The monoisotopic (exact) mass is 583 g/mol. The van der Waals surface area contributed by atoms with Crippen molar-refractivity contribution in [3.63, 3.8) is 0 Å². The Balaban J connectivity index is 2.24. The first kappa shape index (κ1) is 32.4. The van der Waals surface area contributed by atoms with Crippen LogP contribution in [0.15, 0.2) is 30.5 Å². The van der Waals surface area contributed by atoms with E-state index in [-0.39, 0.29) is 28.4 Å². The molecule has 1 aromatic carbocycles. The molecule has 0 saturated carbocycles. The number of carbonyl (C=O) groups excluding carboxylic acids is 4. The van der Waals surface area contributed by atoms with E-state index < -0.39 is 40.8 Å². The van der Waals surface area contributed by atoms with Crippen molar-refractivity contribution >= 4 is 35.3 Å². The Labute approximate surface area is 245 Å². The first-order chi connectivity index (χ1) is 19.2. The molecule has 2 aromatic rings. The summed E-state index contributed by atoms with van der Waals surface area (Å²) in [5.41, 5.74) is -2.18.